The molecular formula is C15H21NO3Si. The Balaban J connectivity index is 2.22. The number of fused-ring (bicyclic) bond motifs is 1. The lowest BCUT2D eigenvalue weighted by atomic mass is 10.1. The SMILES string of the molecule is CC[Si](CC)(CC)OC(C#N)c1ccc2c(c1)OCO2. The van der Waals surface area contributed by atoms with Crippen LogP contribution in [0.15, 0.2) is 18.2 Å². The van der Waals surface area contributed by atoms with Crippen LogP contribution in [0.2, 0.25) is 18.1 Å². The first kappa shape index (κ1) is 14.9. The zero-order valence-electron chi connectivity index (χ0n) is 12.3. The van der Waals surface area contributed by atoms with E-state index in [1.54, 1.807) is 0 Å². The van der Waals surface area contributed by atoms with Gasteiger partial charge in [0.2, 0.25) is 6.79 Å². The molecule has 0 saturated carbocycles. The van der Waals surface area contributed by atoms with Crippen molar-refractivity contribution >= 4 is 8.32 Å². The van der Waals surface area contributed by atoms with Gasteiger partial charge in [-0.05, 0) is 35.8 Å². The molecule has 20 heavy (non-hydrogen) atoms. The molecular weight excluding hydrogens is 270 g/mol. The topological polar surface area (TPSA) is 51.5 Å². The van der Waals surface area contributed by atoms with E-state index < -0.39 is 14.4 Å². The van der Waals surface area contributed by atoms with Crippen LogP contribution in [0, 0.1) is 11.3 Å². The molecule has 1 aliphatic rings. The second kappa shape index (κ2) is 6.29. The second-order valence-corrected chi connectivity index (χ2v) is 9.71. The molecule has 0 saturated heterocycles. The van der Waals surface area contributed by atoms with Gasteiger partial charge in [-0.25, -0.2) is 0 Å². The Morgan fingerprint density at radius 2 is 1.85 bits per heavy atom. The van der Waals surface area contributed by atoms with E-state index in [-0.39, 0.29) is 6.79 Å². The Hall–Kier alpha value is -1.51. The maximum Gasteiger partial charge on any atom is 0.231 e. The average molecular weight is 291 g/mol. The molecule has 2 rings (SSSR count). The van der Waals surface area contributed by atoms with Crippen LogP contribution in [-0.4, -0.2) is 15.1 Å². The van der Waals surface area contributed by atoms with E-state index >= 15 is 0 Å². The number of hydrogen-bond acceptors (Lipinski definition) is 4. The summed E-state index contributed by atoms with van der Waals surface area (Å²) in [5.41, 5.74) is 0.851. The summed E-state index contributed by atoms with van der Waals surface area (Å²) in [6.07, 6.45) is -0.518. The van der Waals surface area contributed by atoms with E-state index in [1.807, 2.05) is 18.2 Å². The Bertz CT molecular complexity index is 500. The summed E-state index contributed by atoms with van der Waals surface area (Å²) in [5.74, 6) is 1.43. The maximum absolute atomic E-state index is 9.45. The van der Waals surface area contributed by atoms with Crippen molar-refractivity contribution in [2.75, 3.05) is 6.79 Å². The fourth-order valence-corrected chi connectivity index (χ4v) is 5.18. The largest absolute Gasteiger partial charge is 0.454 e. The summed E-state index contributed by atoms with van der Waals surface area (Å²) in [6, 6.07) is 11.0. The molecule has 1 aromatic carbocycles. The first-order valence-electron chi connectivity index (χ1n) is 7.15. The van der Waals surface area contributed by atoms with E-state index in [9.17, 15) is 5.26 Å². The van der Waals surface area contributed by atoms with Gasteiger partial charge in [-0.3, -0.25) is 0 Å². The zero-order valence-corrected chi connectivity index (χ0v) is 13.3. The fraction of sp³-hybridized carbons (Fsp3) is 0.533. The molecule has 4 nitrogen and oxygen atoms in total. The van der Waals surface area contributed by atoms with E-state index in [1.165, 1.54) is 0 Å². The molecule has 0 bridgehead atoms. The first-order chi connectivity index (χ1) is 9.68. The molecule has 0 aliphatic carbocycles. The van der Waals surface area contributed by atoms with Gasteiger partial charge in [-0.1, -0.05) is 26.8 Å². The summed E-state index contributed by atoms with van der Waals surface area (Å²) in [4.78, 5) is 0. The lowest BCUT2D eigenvalue weighted by Crippen LogP contribution is -2.37. The number of rotatable bonds is 6. The lowest BCUT2D eigenvalue weighted by Gasteiger charge is -2.30. The van der Waals surface area contributed by atoms with Gasteiger partial charge in [0.1, 0.15) is 0 Å². The minimum atomic E-state index is -1.80. The van der Waals surface area contributed by atoms with Crippen molar-refractivity contribution < 1.29 is 13.9 Å². The summed E-state index contributed by atoms with van der Waals surface area (Å²) in [5, 5.41) is 9.45. The summed E-state index contributed by atoms with van der Waals surface area (Å²) in [7, 11) is -1.80. The van der Waals surface area contributed by atoms with Crippen molar-refractivity contribution in [3.8, 4) is 17.6 Å². The molecule has 0 spiro atoms. The zero-order chi connectivity index (χ0) is 14.6. The standard InChI is InChI=1S/C15H21NO3Si/c1-4-20(5-2,6-3)19-15(10-16)12-7-8-13-14(9-12)18-11-17-13/h7-9,15H,4-6,11H2,1-3H3. The number of nitriles is 1. The van der Waals surface area contributed by atoms with Gasteiger partial charge >= 0.3 is 0 Å². The third-order valence-electron chi connectivity index (χ3n) is 4.12. The minimum absolute atomic E-state index is 0.244. The molecule has 1 aliphatic heterocycles. The van der Waals surface area contributed by atoms with Gasteiger partial charge in [-0.15, -0.1) is 0 Å². The van der Waals surface area contributed by atoms with Crippen molar-refractivity contribution in [2.24, 2.45) is 0 Å². The van der Waals surface area contributed by atoms with Crippen LogP contribution < -0.4 is 9.47 Å². The quantitative estimate of drug-likeness (QED) is 0.743. The number of benzene rings is 1. The highest BCUT2D eigenvalue weighted by Crippen LogP contribution is 2.36. The number of hydrogen-bond donors (Lipinski definition) is 0. The van der Waals surface area contributed by atoms with Crippen molar-refractivity contribution in [3.63, 3.8) is 0 Å². The molecule has 1 aromatic rings. The van der Waals surface area contributed by atoms with Crippen molar-refractivity contribution in [2.45, 2.75) is 45.0 Å². The van der Waals surface area contributed by atoms with Crippen molar-refractivity contribution in [1.82, 2.24) is 0 Å². The summed E-state index contributed by atoms with van der Waals surface area (Å²) >= 11 is 0. The van der Waals surface area contributed by atoms with Crippen LogP contribution in [-0.2, 0) is 4.43 Å². The Labute approximate surface area is 121 Å². The van der Waals surface area contributed by atoms with E-state index in [4.69, 9.17) is 13.9 Å². The van der Waals surface area contributed by atoms with Gasteiger partial charge in [0.15, 0.2) is 25.9 Å². The highest BCUT2D eigenvalue weighted by atomic mass is 28.4. The Morgan fingerprint density at radius 3 is 2.45 bits per heavy atom. The molecule has 0 N–H and O–H groups in total. The molecule has 0 amide bonds. The van der Waals surface area contributed by atoms with E-state index in [0.717, 1.165) is 29.4 Å². The summed E-state index contributed by atoms with van der Waals surface area (Å²) in [6.45, 7) is 6.72. The third-order valence-corrected chi connectivity index (χ3v) is 8.72. The minimum Gasteiger partial charge on any atom is -0.454 e. The lowest BCUT2D eigenvalue weighted by molar-refractivity contribution is 0.173. The first-order valence-corrected chi connectivity index (χ1v) is 9.68. The normalized spacial score (nSPS) is 14.9. The van der Waals surface area contributed by atoms with Crippen LogP contribution in [0.25, 0.3) is 0 Å². The smallest absolute Gasteiger partial charge is 0.231 e. The molecule has 0 radical (unpaired) electrons. The monoisotopic (exact) mass is 291 g/mol. The molecule has 5 heteroatoms. The number of ether oxygens (including phenoxy) is 2. The van der Waals surface area contributed by atoms with Crippen LogP contribution >= 0.6 is 0 Å². The van der Waals surface area contributed by atoms with Crippen LogP contribution in [0.3, 0.4) is 0 Å². The van der Waals surface area contributed by atoms with Gasteiger partial charge in [0.05, 0.1) is 6.07 Å². The highest BCUT2D eigenvalue weighted by molar-refractivity contribution is 6.73. The highest BCUT2D eigenvalue weighted by Gasteiger charge is 2.33. The molecule has 1 heterocycles. The maximum atomic E-state index is 9.45. The summed E-state index contributed by atoms with van der Waals surface area (Å²) < 4.78 is 16.9. The Morgan fingerprint density at radius 1 is 1.20 bits per heavy atom. The molecule has 1 unspecified atom stereocenters. The van der Waals surface area contributed by atoms with Crippen LogP contribution in [0.5, 0.6) is 11.5 Å². The van der Waals surface area contributed by atoms with Gasteiger partial charge < -0.3 is 13.9 Å². The number of nitrogens with zero attached hydrogens (tertiary/aromatic N) is 1. The van der Waals surface area contributed by atoms with Gasteiger partial charge in [-0.2, -0.15) is 5.26 Å². The van der Waals surface area contributed by atoms with Gasteiger partial charge in [0.25, 0.3) is 0 Å². The van der Waals surface area contributed by atoms with Crippen molar-refractivity contribution in [3.05, 3.63) is 23.8 Å². The van der Waals surface area contributed by atoms with Crippen LogP contribution in [0.4, 0.5) is 0 Å². The fourth-order valence-electron chi connectivity index (χ4n) is 2.50. The Kier molecular flexibility index (Phi) is 4.68. The van der Waals surface area contributed by atoms with E-state index in [2.05, 4.69) is 26.8 Å². The van der Waals surface area contributed by atoms with Crippen LogP contribution in [0.1, 0.15) is 32.4 Å². The predicted molar refractivity (Wildman–Crippen MR) is 79.2 cm³/mol. The van der Waals surface area contributed by atoms with E-state index in [0.29, 0.717) is 5.75 Å². The van der Waals surface area contributed by atoms with Crippen molar-refractivity contribution in [1.29, 1.82) is 5.26 Å². The van der Waals surface area contributed by atoms with Gasteiger partial charge in [0, 0.05) is 0 Å². The molecule has 1 atom stereocenters. The molecule has 0 fully saturated rings. The third kappa shape index (κ3) is 2.81. The molecule has 108 valence electrons. The predicted octanol–water partition coefficient (Wildman–Crippen LogP) is 4.00. The second-order valence-electron chi connectivity index (χ2n) is 4.98. The molecule has 0 aromatic heterocycles. The average Bonchev–Trinajstić information content (AvgIpc) is 2.97.